The Morgan fingerprint density at radius 1 is 1.32 bits per heavy atom. The van der Waals surface area contributed by atoms with Crippen molar-refractivity contribution in [2.24, 2.45) is 5.73 Å². The molecule has 0 aliphatic heterocycles. The molecule has 0 heterocycles. The summed E-state index contributed by atoms with van der Waals surface area (Å²) in [6.07, 6.45) is -4.49. The van der Waals surface area contributed by atoms with Gasteiger partial charge < -0.3 is 15.4 Å². The molecular weight excluding hydrogens is 301 g/mol. The smallest absolute Gasteiger partial charge is 0.416 e. The van der Waals surface area contributed by atoms with Gasteiger partial charge in [0, 0.05) is 6.04 Å². The Morgan fingerprint density at radius 3 is 2.45 bits per heavy atom. The number of hydrogen-bond acceptors (Lipinski definition) is 3. The molecule has 22 heavy (non-hydrogen) atoms. The van der Waals surface area contributed by atoms with Crippen molar-refractivity contribution in [2.45, 2.75) is 26.1 Å². The van der Waals surface area contributed by atoms with Crippen molar-refractivity contribution in [1.82, 2.24) is 4.90 Å². The van der Waals surface area contributed by atoms with E-state index in [1.807, 2.05) is 0 Å². The van der Waals surface area contributed by atoms with Gasteiger partial charge in [0.15, 0.2) is 6.61 Å². The number of ether oxygens (including phenoxy) is 1. The van der Waals surface area contributed by atoms with E-state index in [0.717, 1.165) is 12.1 Å². The molecule has 0 radical (unpaired) electrons. The molecule has 0 fully saturated rings. The topological polar surface area (TPSA) is 72.6 Å². The van der Waals surface area contributed by atoms with Crippen LogP contribution in [-0.4, -0.2) is 35.9 Å². The summed E-state index contributed by atoms with van der Waals surface area (Å²) in [6, 6.07) is 3.93. The van der Waals surface area contributed by atoms with Crippen LogP contribution in [0, 0.1) is 0 Å². The van der Waals surface area contributed by atoms with E-state index in [1.165, 1.54) is 17.0 Å². The lowest BCUT2D eigenvalue weighted by molar-refractivity contribution is -0.138. The van der Waals surface area contributed by atoms with Gasteiger partial charge in [0.05, 0.1) is 12.1 Å². The summed E-state index contributed by atoms with van der Waals surface area (Å²) < 4.78 is 42.8. The highest BCUT2D eigenvalue weighted by molar-refractivity contribution is 5.84. The second-order valence-corrected chi connectivity index (χ2v) is 4.90. The van der Waals surface area contributed by atoms with Gasteiger partial charge in [-0.3, -0.25) is 9.59 Å². The molecule has 8 heteroatoms. The molecule has 0 spiro atoms. The Morgan fingerprint density at radius 2 is 1.95 bits per heavy atom. The van der Waals surface area contributed by atoms with Crippen LogP contribution in [0.5, 0.6) is 5.75 Å². The summed E-state index contributed by atoms with van der Waals surface area (Å²) in [5.74, 6) is -1.29. The Balaban J connectivity index is 2.72. The monoisotopic (exact) mass is 318 g/mol. The number of alkyl halides is 3. The summed E-state index contributed by atoms with van der Waals surface area (Å²) >= 11 is 0. The predicted molar refractivity (Wildman–Crippen MR) is 73.0 cm³/mol. The van der Waals surface area contributed by atoms with Crippen LogP contribution in [0.2, 0.25) is 0 Å². The van der Waals surface area contributed by atoms with Crippen molar-refractivity contribution in [2.75, 3.05) is 13.2 Å². The third-order valence-corrected chi connectivity index (χ3v) is 2.79. The van der Waals surface area contributed by atoms with Gasteiger partial charge in [-0.25, -0.2) is 0 Å². The van der Waals surface area contributed by atoms with Crippen molar-refractivity contribution in [3.63, 3.8) is 0 Å². The number of hydrogen-bond donors (Lipinski definition) is 1. The first-order valence-electron chi connectivity index (χ1n) is 6.49. The maximum atomic E-state index is 12.6. The van der Waals surface area contributed by atoms with Crippen LogP contribution in [0.4, 0.5) is 13.2 Å². The zero-order chi connectivity index (χ0) is 16.9. The van der Waals surface area contributed by atoms with Crippen molar-refractivity contribution >= 4 is 11.8 Å². The minimum atomic E-state index is -4.49. The predicted octanol–water partition coefficient (Wildman–Crippen LogP) is 1.81. The lowest BCUT2D eigenvalue weighted by Gasteiger charge is -2.25. The molecule has 5 nitrogen and oxygen atoms in total. The van der Waals surface area contributed by atoms with E-state index in [-0.39, 0.29) is 18.3 Å². The van der Waals surface area contributed by atoms with Gasteiger partial charge in [0.1, 0.15) is 5.75 Å². The number of amides is 2. The van der Waals surface area contributed by atoms with Gasteiger partial charge in [-0.05, 0) is 32.0 Å². The van der Waals surface area contributed by atoms with Crippen molar-refractivity contribution in [3.05, 3.63) is 29.8 Å². The highest BCUT2D eigenvalue weighted by Crippen LogP contribution is 2.31. The average Bonchev–Trinajstić information content (AvgIpc) is 2.41. The first-order chi connectivity index (χ1) is 10.1. The van der Waals surface area contributed by atoms with Crippen molar-refractivity contribution in [1.29, 1.82) is 0 Å². The van der Waals surface area contributed by atoms with Crippen LogP contribution < -0.4 is 10.5 Å². The molecular formula is C14H17F3N2O3. The molecule has 2 N–H and O–H groups in total. The van der Waals surface area contributed by atoms with Gasteiger partial charge in [-0.1, -0.05) is 6.07 Å². The van der Waals surface area contributed by atoms with Crippen molar-refractivity contribution in [3.8, 4) is 5.75 Å². The zero-order valence-electron chi connectivity index (χ0n) is 12.2. The van der Waals surface area contributed by atoms with Crippen LogP contribution in [0.3, 0.4) is 0 Å². The summed E-state index contributed by atoms with van der Waals surface area (Å²) in [5, 5.41) is 0. The summed E-state index contributed by atoms with van der Waals surface area (Å²) in [4.78, 5) is 24.0. The van der Waals surface area contributed by atoms with Crippen LogP contribution in [0.15, 0.2) is 24.3 Å². The molecule has 122 valence electrons. The fraction of sp³-hybridized carbons (Fsp3) is 0.429. The first kappa shape index (κ1) is 17.8. The van der Waals surface area contributed by atoms with E-state index >= 15 is 0 Å². The molecule has 1 rings (SSSR count). The number of primary amides is 1. The highest BCUT2D eigenvalue weighted by Gasteiger charge is 2.30. The summed E-state index contributed by atoms with van der Waals surface area (Å²) in [5.41, 5.74) is 4.18. The van der Waals surface area contributed by atoms with Gasteiger partial charge in [-0.2, -0.15) is 13.2 Å². The molecule has 0 unspecified atom stereocenters. The van der Waals surface area contributed by atoms with E-state index in [2.05, 4.69) is 0 Å². The third kappa shape index (κ3) is 5.27. The number of rotatable bonds is 6. The second kappa shape index (κ2) is 7.15. The zero-order valence-corrected chi connectivity index (χ0v) is 12.2. The maximum Gasteiger partial charge on any atom is 0.416 e. The standard InChI is InChI=1S/C14H17F3N2O3/c1-9(2)19(7-12(18)20)13(21)8-22-11-5-3-4-10(6-11)14(15,16)17/h3-6,9H,7-8H2,1-2H3,(H2,18,20). The Labute approximate surface area is 125 Å². The fourth-order valence-electron chi connectivity index (χ4n) is 1.72. The molecule has 1 aromatic rings. The average molecular weight is 318 g/mol. The number of carbonyl (C=O) groups is 2. The Bertz CT molecular complexity index is 544. The number of benzene rings is 1. The largest absolute Gasteiger partial charge is 0.484 e. The second-order valence-electron chi connectivity index (χ2n) is 4.90. The normalized spacial score (nSPS) is 11.4. The molecule has 1 aromatic carbocycles. The Kier molecular flexibility index (Phi) is 5.78. The molecule has 0 aliphatic rings. The molecule has 0 aliphatic carbocycles. The Hall–Kier alpha value is -2.25. The summed E-state index contributed by atoms with van der Waals surface area (Å²) in [7, 11) is 0. The third-order valence-electron chi connectivity index (χ3n) is 2.79. The lowest BCUT2D eigenvalue weighted by atomic mass is 10.2. The molecule has 2 amide bonds. The van der Waals surface area contributed by atoms with Crippen LogP contribution in [-0.2, 0) is 15.8 Å². The van der Waals surface area contributed by atoms with Gasteiger partial charge in [-0.15, -0.1) is 0 Å². The maximum absolute atomic E-state index is 12.6. The highest BCUT2D eigenvalue weighted by atomic mass is 19.4. The number of carbonyl (C=O) groups excluding carboxylic acids is 2. The SMILES string of the molecule is CC(C)N(CC(N)=O)C(=O)COc1cccc(C(F)(F)F)c1. The van der Waals surface area contributed by atoms with E-state index < -0.39 is 30.2 Å². The minimum Gasteiger partial charge on any atom is -0.484 e. The molecule has 0 saturated carbocycles. The van der Waals surface area contributed by atoms with Crippen LogP contribution in [0.1, 0.15) is 19.4 Å². The van der Waals surface area contributed by atoms with E-state index in [1.54, 1.807) is 13.8 Å². The number of nitrogens with zero attached hydrogens (tertiary/aromatic N) is 1. The lowest BCUT2D eigenvalue weighted by Crippen LogP contribution is -2.44. The minimum absolute atomic E-state index is 0.0778. The summed E-state index contributed by atoms with van der Waals surface area (Å²) in [6.45, 7) is 2.62. The van der Waals surface area contributed by atoms with Crippen LogP contribution in [0.25, 0.3) is 0 Å². The number of nitrogens with two attached hydrogens (primary N) is 1. The quantitative estimate of drug-likeness (QED) is 0.869. The van der Waals surface area contributed by atoms with Gasteiger partial charge in [0.2, 0.25) is 5.91 Å². The van der Waals surface area contributed by atoms with E-state index in [9.17, 15) is 22.8 Å². The van der Waals surface area contributed by atoms with E-state index in [0.29, 0.717) is 0 Å². The molecule has 0 aromatic heterocycles. The first-order valence-corrected chi connectivity index (χ1v) is 6.49. The van der Waals surface area contributed by atoms with Crippen LogP contribution >= 0.6 is 0 Å². The van der Waals surface area contributed by atoms with Gasteiger partial charge in [0.25, 0.3) is 5.91 Å². The van der Waals surface area contributed by atoms with Crippen molar-refractivity contribution < 1.29 is 27.5 Å². The fourth-order valence-corrected chi connectivity index (χ4v) is 1.72. The molecule has 0 atom stereocenters. The van der Waals surface area contributed by atoms with Gasteiger partial charge >= 0.3 is 6.18 Å². The number of halogens is 3. The molecule has 0 bridgehead atoms. The van der Waals surface area contributed by atoms with E-state index in [4.69, 9.17) is 10.5 Å². The molecule has 0 saturated heterocycles.